The van der Waals surface area contributed by atoms with E-state index in [1.165, 1.54) is 72.8 Å². The van der Waals surface area contributed by atoms with Crippen LogP contribution in [0.15, 0.2) is 91.0 Å². The van der Waals surface area contributed by atoms with Gasteiger partial charge in [0.15, 0.2) is 0 Å². The third kappa shape index (κ3) is 4.22. The van der Waals surface area contributed by atoms with Gasteiger partial charge in [0.2, 0.25) is 17.4 Å². The van der Waals surface area contributed by atoms with Crippen molar-refractivity contribution in [1.82, 2.24) is 0 Å². The van der Waals surface area contributed by atoms with E-state index in [4.69, 9.17) is 0 Å². The maximum Gasteiger partial charge on any atom is 0.251 e. The van der Waals surface area contributed by atoms with Gasteiger partial charge >= 0.3 is 0 Å². The van der Waals surface area contributed by atoms with Gasteiger partial charge in [0.05, 0.1) is 0 Å². The van der Waals surface area contributed by atoms with E-state index in [1.807, 2.05) is 0 Å². The Balaban J connectivity index is 2.03. The van der Waals surface area contributed by atoms with Crippen molar-refractivity contribution in [3.63, 3.8) is 0 Å². The van der Waals surface area contributed by atoms with E-state index in [2.05, 4.69) is 0 Å². The van der Waals surface area contributed by atoms with Gasteiger partial charge in [0, 0.05) is 21.9 Å². The summed E-state index contributed by atoms with van der Waals surface area (Å²) in [6, 6.07) is 22.3. The summed E-state index contributed by atoms with van der Waals surface area (Å²) in [7, 11) is 0. The predicted molar refractivity (Wildman–Crippen MR) is 167 cm³/mol. The molecule has 0 unspecified atom stereocenters. The second kappa shape index (κ2) is 10.1. The smallest absolute Gasteiger partial charge is 0.251 e. The first-order valence-electron chi connectivity index (χ1n) is 14.6. The van der Waals surface area contributed by atoms with Crippen LogP contribution in [0.3, 0.4) is 0 Å². The average molecular weight is 655 g/mol. The van der Waals surface area contributed by atoms with Crippen LogP contribution in [0.25, 0.3) is 34.9 Å². The molecule has 48 heavy (non-hydrogen) atoms. The van der Waals surface area contributed by atoms with Crippen molar-refractivity contribution in [2.45, 2.75) is 34.7 Å². The summed E-state index contributed by atoms with van der Waals surface area (Å²) in [5, 5.41) is 134. The van der Waals surface area contributed by atoms with Crippen LogP contribution in [-0.4, -0.2) is 96.0 Å². The van der Waals surface area contributed by atoms with E-state index < -0.39 is 51.4 Å². The monoisotopic (exact) mass is 654 g/mol. The minimum Gasteiger partial charge on any atom is -0.358 e. The second-order valence-corrected chi connectivity index (χ2v) is 12.2. The zero-order valence-electron chi connectivity index (χ0n) is 24.8. The molecule has 0 amide bonds. The first kappa shape index (κ1) is 32.2. The van der Waals surface area contributed by atoms with Crippen LogP contribution < -0.4 is 31.3 Å². The normalized spacial score (nSPS) is 21.9. The van der Waals surface area contributed by atoms with E-state index in [0.717, 1.165) is 0 Å². The van der Waals surface area contributed by atoms with Crippen LogP contribution in [0.4, 0.5) is 0 Å². The van der Waals surface area contributed by atoms with Crippen LogP contribution in [0, 0.1) is 0 Å². The molecule has 3 aliphatic carbocycles. The Morgan fingerprint density at radius 2 is 0.583 bits per heavy atom. The first-order chi connectivity index (χ1) is 22.4. The molecule has 0 saturated heterocycles. The number of benzene rings is 4. The summed E-state index contributed by atoms with van der Waals surface area (Å²) >= 11 is 0. The molecule has 0 spiro atoms. The van der Waals surface area contributed by atoms with Gasteiger partial charge in [0.1, 0.15) is 0 Å². The lowest BCUT2D eigenvalue weighted by Gasteiger charge is -2.43. The van der Waals surface area contributed by atoms with E-state index in [-0.39, 0.29) is 48.0 Å². The molecular formula is C36H30O12. The third-order valence-corrected chi connectivity index (χ3v) is 9.18. The Hall–Kier alpha value is -4.38. The standard InChI is InChI=1S/C36H30O12/c37-31(38)16-22-23(17-32(31,39)40)26-27(25-24(22)18-33(41,42)34(43,44)28(25)19-10-4-1-5-11-19)30(21-14-8-3-9-15-21)36(47,48)35(45,46)29(26)20-12-6-2-7-13-20/h1-18,37-48H. The summed E-state index contributed by atoms with van der Waals surface area (Å²) < 4.78 is 0. The zero-order valence-corrected chi connectivity index (χ0v) is 24.8. The van der Waals surface area contributed by atoms with Crippen molar-refractivity contribution in [3.05, 3.63) is 139 Å². The molecule has 0 aliphatic heterocycles. The zero-order chi connectivity index (χ0) is 34.7. The highest BCUT2D eigenvalue weighted by Crippen LogP contribution is 2.40. The Labute approximate surface area is 269 Å². The predicted octanol–water partition coefficient (Wildman–Crippen LogP) is -6.25. The van der Waals surface area contributed by atoms with Crippen molar-refractivity contribution in [2.24, 2.45) is 0 Å². The van der Waals surface area contributed by atoms with Crippen molar-refractivity contribution in [1.29, 1.82) is 0 Å². The van der Waals surface area contributed by atoms with Gasteiger partial charge in [-0.2, -0.15) is 0 Å². The summed E-state index contributed by atoms with van der Waals surface area (Å²) in [6.45, 7) is 0. The SMILES string of the molecule is OC1(O)C=c2c3c(c4c(c2=CC1(O)O)=C(c1ccccc1)C(O)(O)C(O)(O)C=4c1ccccc1)=C(c1ccccc1)C(O)(O)C(O)(O)C=3. The van der Waals surface area contributed by atoms with Crippen molar-refractivity contribution >= 4 is 34.9 Å². The van der Waals surface area contributed by atoms with E-state index in [0.29, 0.717) is 18.2 Å². The Kier molecular flexibility index (Phi) is 6.75. The number of aliphatic hydroxyl groups is 12. The summed E-state index contributed by atoms with van der Waals surface area (Å²) in [6.07, 6.45) is 1.73. The maximum absolute atomic E-state index is 11.9. The minimum absolute atomic E-state index is 0.0100. The lowest BCUT2D eigenvalue weighted by atomic mass is 9.73. The van der Waals surface area contributed by atoms with Crippen molar-refractivity contribution in [2.75, 3.05) is 0 Å². The fraction of sp³-hybridized carbons (Fsp3) is 0.167. The molecule has 12 nitrogen and oxygen atoms in total. The Bertz CT molecular complexity index is 2290. The lowest BCUT2D eigenvalue weighted by Crippen LogP contribution is -2.78. The van der Waals surface area contributed by atoms with Crippen molar-refractivity contribution < 1.29 is 61.3 Å². The third-order valence-electron chi connectivity index (χ3n) is 9.18. The van der Waals surface area contributed by atoms with Gasteiger partial charge in [-0.1, -0.05) is 91.0 Å². The molecule has 7 rings (SSSR count). The van der Waals surface area contributed by atoms with Gasteiger partial charge in [-0.15, -0.1) is 0 Å². The molecule has 4 aromatic rings. The van der Waals surface area contributed by atoms with Crippen LogP contribution in [-0.2, 0) is 0 Å². The van der Waals surface area contributed by atoms with Gasteiger partial charge in [-0.3, -0.25) is 0 Å². The molecular weight excluding hydrogens is 624 g/mol. The molecule has 3 aliphatic rings. The molecule has 12 N–H and O–H groups in total. The molecule has 4 aromatic carbocycles. The topological polar surface area (TPSA) is 243 Å². The molecule has 12 heteroatoms. The van der Waals surface area contributed by atoms with Crippen LogP contribution in [0.2, 0.25) is 0 Å². The van der Waals surface area contributed by atoms with E-state index in [9.17, 15) is 61.3 Å². The van der Waals surface area contributed by atoms with Crippen LogP contribution in [0.5, 0.6) is 0 Å². The lowest BCUT2D eigenvalue weighted by molar-refractivity contribution is -0.296. The largest absolute Gasteiger partial charge is 0.358 e. The van der Waals surface area contributed by atoms with Gasteiger partial charge in [-0.25, -0.2) is 0 Å². The van der Waals surface area contributed by atoms with Gasteiger partial charge in [0.25, 0.3) is 17.4 Å². The van der Waals surface area contributed by atoms with Gasteiger partial charge < -0.3 is 61.3 Å². The Morgan fingerprint density at radius 3 is 0.958 bits per heavy atom. The molecule has 0 fully saturated rings. The summed E-state index contributed by atoms with van der Waals surface area (Å²) in [4.78, 5) is 0. The number of rotatable bonds is 3. The molecule has 0 atom stereocenters. The fourth-order valence-corrected chi connectivity index (χ4v) is 6.86. The van der Waals surface area contributed by atoms with Gasteiger partial charge in [-0.05, 0) is 61.0 Å². The minimum atomic E-state index is -3.59. The first-order valence-corrected chi connectivity index (χ1v) is 14.6. The summed E-state index contributed by atoms with van der Waals surface area (Å²) in [5.74, 6) is -21.1. The second-order valence-electron chi connectivity index (χ2n) is 12.2. The highest BCUT2D eigenvalue weighted by molar-refractivity contribution is 5.86. The highest BCUT2D eigenvalue weighted by atomic mass is 16.6. The summed E-state index contributed by atoms with van der Waals surface area (Å²) in [5.41, 5.74) is -1.86. The highest BCUT2D eigenvalue weighted by Gasteiger charge is 2.58. The molecule has 0 heterocycles. The van der Waals surface area contributed by atoms with E-state index >= 15 is 0 Å². The van der Waals surface area contributed by atoms with Crippen molar-refractivity contribution in [3.8, 4) is 0 Å². The maximum atomic E-state index is 11.9. The average Bonchev–Trinajstić information content (AvgIpc) is 3.01. The molecule has 0 radical (unpaired) electrons. The number of hydrogen-bond acceptors (Lipinski definition) is 12. The molecule has 246 valence electrons. The van der Waals surface area contributed by atoms with Crippen LogP contribution >= 0.6 is 0 Å². The number of fused-ring (bicyclic) bond motifs is 6. The quantitative estimate of drug-likeness (QED) is 0.0924. The Morgan fingerprint density at radius 1 is 0.292 bits per heavy atom. The fourth-order valence-electron chi connectivity index (χ4n) is 6.86. The molecule has 0 aromatic heterocycles. The molecule has 0 saturated carbocycles. The van der Waals surface area contributed by atoms with E-state index in [1.54, 1.807) is 18.2 Å². The number of hydrogen-bond donors (Lipinski definition) is 12. The molecule has 0 bridgehead atoms. The van der Waals surface area contributed by atoms with Crippen LogP contribution in [0.1, 0.15) is 16.7 Å².